The van der Waals surface area contributed by atoms with Crippen LogP contribution >= 0.6 is 0 Å². The van der Waals surface area contributed by atoms with Gasteiger partial charge in [-0.2, -0.15) is 0 Å². The Bertz CT molecular complexity index is 1630. The van der Waals surface area contributed by atoms with Crippen LogP contribution in [0.4, 0.5) is 4.79 Å². The van der Waals surface area contributed by atoms with E-state index >= 15 is 0 Å². The highest BCUT2D eigenvalue weighted by Gasteiger charge is 2.33. The number of hydrogen-bond donors (Lipinski definition) is 1. The third kappa shape index (κ3) is 4.80. The van der Waals surface area contributed by atoms with Crippen molar-refractivity contribution < 1.29 is 22.7 Å². The van der Waals surface area contributed by atoms with Crippen LogP contribution in [0.1, 0.15) is 24.2 Å². The van der Waals surface area contributed by atoms with Gasteiger partial charge in [0.25, 0.3) is 15.9 Å². The molecule has 1 aliphatic rings. The molecule has 1 aliphatic heterocycles. The van der Waals surface area contributed by atoms with Crippen LogP contribution < -0.4 is 5.32 Å². The molecule has 1 aromatic heterocycles. The summed E-state index contributed by atoms with van der Waals surface area (Å²) >= 11 is 0. The summed E-state index contributed by atoms with van der Waals surface area (Å²) in [6, 6.07) is 22.7. The van der Waals surface area contributed by atoms with Crippen LogP contribution in [0.3, 0.4) is 0 Å². The van der Waals surface area contributed by atoms with Crippen LogP contribution in [-0.4, -0.2) is 48.4 Å². The molecule has 2 heterocycles. The molecule has 1 N–H and O–H groups in total. The number of para-hydroxylation sites is 1. The van der Waals surface area contributed by atoms with Crippen LogP contribution in [-0.2, 0) is 14.8 Å². The summed E-state index contributed by atoms with van der Waals surface area (Å²) in [5, 5.41) is 3.69. The molecule has 2 amide bonds. The Morgan fingerprint density at radius 1 is 0.947 bits per heavy atom. The number of nitrogens with one attached hydrogen (secondary N) is 1. The molecule has 194 valence electrons. The van der Waals surface area contributed by atoms with Crippen molar-refractivity contribution in [1.29, 1.82) is 0 Å². The van der Waals surface area contributed by atoms with E-state index in [1.807, 2.05) is 42.5 Å². The quantitative estimate of drug-likeness (QED) is 0.354. The second-order valence-electron chi connectivity index (χ2n) is 9.09. The molecule has 3 aromatic carbocycles. The van der Waals surface area contributed by atoms with E-state index in [1.54, 1.807) is 38.3 Å². The van der Waals surface area contributed by atoms with E-state index in [2.05, 4.69) is 5.32 Å². The topological polar surface area (TPSA) is 97.7 Å². The summed E-state index contributed by atoms with van der Waals surface area (Å²) in [6.07, 6.45) is 2.89. The van der Waals surface area contributed by atoms with Crippen molar-refractivity contribution in [2.45, 2.75) is 24.8 Å². The summed E-state index contributed by atoms with van der Waals surface area (Å²) in [6.45, 7) is 4.17. The number of allylic oxidation sites excluding steroid dienone is 2. The smallest absolute Gasteiger partial charge is 0.415 e. The molecule has 38 heavy (non-hydrogen) atoms. The molecule has 8 nitrogen and oxygen atoms in total. The first-order valence-corrected chi connectivity index (χ1v) is 13.6. The molecular weight excluding hydrogens is 502 g/mol. The van der Waals surface area contributed by atoms with Gasteiger partial charge in [0.05, 0.1) is 16.5 Å². The normalized spacial score (nSPS) is 14.3. The van der Waals surface area contributed by atoms with Gasteiger partial charge >= 0.3 is 6.09 Å². The van der Waals surface area contributed by atoms with E-state index in [4.69, 9.17) is 4.74 Å². The Morgan fingerprint density at radius 3 is 2.29 bits per heavy atom. The average molecular weight is 530 g/mol. The van der Waals surface area contributed by atoms with E-state index < -0.39 is 16.1 Å². The maximum absolute atomic E-state index is 13.6. The Balaban J connectivity index is 1.31. The van der Waals surface area contributed by atoms with Gasteiger partial charge in [-0.15, -0.1) is 0 Å². The molecule has 0 radical (unpaired) electrons. The van der Waals surface area contributed by atoms with Gasteiger partial charge in [0.1, 0.15) is 5.76 Å². The molecule has 1 saturated heterocycles. The second kappa shape index (κ2) is 10.2. The van der Waals surface area contributed by atoms with Crippen molar-refractivity contribution in [2.24, 2.45) is 0 Å². The highest BCUT2D eigenvalue weighted by molar-refractivity contribution is 7.90. The van der Waals surface area contributed by atoms with Crippen LogP contribution in [0, 0.1) is 0 Å². The first-order chi connectivity index (χ1) is 18.3. The van der Waals surface area contributed by atoms with Gasteiger partial charge in [-0.05, 0) is 55.8 Å². The third-order valence-electron chi connectivity index (χ3n) is 6.57. The minimum absolute atomic E-state index is 0.0753. The maximum atomic E-state index is 13.6. The number of amides is 2. The van der Waals surface area contributed by atoms with Gasteiger partial charge in [0, 0.05) is 35.8 Å². The van der Waals surface area contributed by atoms with Crippen LogP contribution in [0.5, 0.6) is 0 Å². The molecule has 4 aromatic rings. The number of likely N-dealkylation sites (tertiary alicyclic amines) is 1. The molecule has 1 fully saturated rings. The maximum Gasteiger partial charge on any atom is 0.415 e. The molecule has 0 saturated carbocycles. The number of nitrogens with zero attached hydrogens (tertiary/aromatic N) is 2. The van der Waals surface area contributed by atoms with E-state index in [0.29, 0.717) is 29.9 Å². The zero-order chi connectivity index (χ0) is 26.9. The Morgan fingerprint density at radius 2 is 1.61 bits per heavy atom. The third-order valence-corrected chi connectivity index (χ3v) is 8.25. The lowest BCUT2D eigenvalue weighted by Crippen LogP contribution is -2.61. The minimum atomic E-state index is -3.92. The molecule has 0 aliphatic carbocycles. The summed E-state index contributed by atoms with van der Waals surface area (Å²) in [7, 11) is -3.92. The number of carbonyl (C=O) groups is 2. The highest BCUT2D eigenvalue weighted by atomic mass is 32.2. The van der Waals surface area contributed by atoms with Crippen LogP contribution in [0.15, 0.2) is 102 Å². The zero-order valence-electron chi connectivity index (χ0n) is 21.0. The van der Waals surface area contributed by atoms with E-state index in [9.17, 15) is 18.0 Å². The van der Waals surface area contributed by atoms with Gasteiger partial charge in [-0.3, -0.25) is 4.79 Å². The fraction of sp³-hybridized carbons (Fsp3) is 0.172. The van der Waals surface area contributed by atoms with Crippen molar-refractivity contribution in [3.8, 4) is 11.1 Å². The van der Waals surface area contributed by atoms with Gasteiger partial charge in [0.2, 0.25) is 0 Å². The zero-order valence-corrected chi connectivity index (χ0v) is 21.8. The van der Waals surface area contributed by atoms with Crippen molar-refractivity contribution in [3.63, 3.8) is 0 Å². The first kappa shape index (κ1) is 25.3. The van der Waals surface area contributed by atoms with Gasteiger partial charge in [-0.25, -0.2) is 17.2 Å². The van der Waals surface area contributed by atoms with Gasteiger partial charge in [-0.1, -0.05) is 48.5 Å². The van der Waals surface area contributed by atoms with Gasteiger partial charge in [0.15, 0.2) is 0 Å². The molecule has 0 unspecified atom stereocenters. The second-order valence-corrected chi connectivity index (χ2v) is 10.9. The summed E-state index contributed by atoms with van der Waals surface area (Å²) in [5.41, 5.74) is 2.65. The van der Waals surface area contributed by atoms with Crippen LogP contribution in [0.2, 0.25) is 0 Å². The standard InChI is InChI=1S/C29H27N3O5S/c1-3-20(2)37-29(34)31-17-23(18-31)30-28(33)22-13-15-24(16-14-22)38(35,36)32-19-26(21-9-5-4-6-10-21)25-11-7-8-12-27(25)32/h3-16,19,23H,17-18H2,1-2H3,(H,30,33)/b20-3+. The fourth-order valence-corrected chi connectivity index (χ4v) is 5.71. The molecule has 0 spiro atoms. The lowest BCUT2D eigenvalue weighted by atomic mass is 10.1. The van der Waals surface area contributed by atoms with Gasteiger partial charge < -0.3 is 15.0 Å². The molecular formula is C29H27N3O5S. The van der Waals surface area contributed by atoms with Crippen molar-refractivity contribution in [2.75, 3.05) is 13.1 Å². The predicted octanol–water partition coefficient (Wildman–Crippen LogP) is 5.02. The van der Waals surface area contributed by atoms with Crippen molar-refractivity contribution >= 4 is 32.9 Å². The lowest BCUT2D eigenvalue weighted by molar-refractivity contribution is 0.0717. The lowest BCUT2D eigenvalue weighted by Gasteiger charge is -2.38. The number of fused-ring (bicyclic) bond motifs is 1. The van der Waals surface area contributed by atoms with Crippen molar-refractivity contribution in [1.82, 2.24) is 14.2 Å². The first-order valence-electron chi connectivity index (χ1n) is 12.2. The number of benzene rings is 3. The largest absolute Gasteiger partial charge is 0.415 e. The highest BCUT2D eigenvalue weighted by Crippen LogP contribution is 2.33. The Hall–Kier alpha value is -4.37. The summed E-state index contributed by atoms with van der Waals surface area (Å²) in [4.78, 5) is 26.3. The van der Waals surface area contributed by atoms with E-state index in [1.165, 1.54) is 33.1 Å². The number of ether oxygens (including phenoxy) is 1. The molecule has 0 atom stereocenters. The SMILES string of the molecule is C/C=C(\C)OC(=O)N1CC(NC(=O)c2ccc(S(=O)(=O)n3cc(-c4ccccc4)c4ccccc43)cc2)C1. The molecule has 9 heteroatoms. The number of aromatic nitrogens is 1. The van der Waals surface area contributed by atoms with Crippen LogP contribution in [0.25, 0.3) is 22.0 Å². The average Bonchev–Trinajstić information content (AvgIpc) is 3.31. The number of rotatable bonds is 6. The number of hydrogen-bond acceptors (Lipinski definition) is 5. The predicted molar refractivity (Wildman–Crippen MR) is 145 cm³/mol. The Kier molecular flexibility index (Phi) is 6.77. The monoisotopic (exact) mass is 529 g/mol. The van der Waals surface area contributed by atoms with E-state index in [0.717, 1.165) is 16.5 Å². The summed E-state index contributed by atoms with van der Waals surface area (Å²) in [5.74, 6) is 0.177. The summed E-state index contributed by atoms with van der Waals surface area (Å²) < 4.78 is 33.7. The molecule has 5 rings (SSSR count). The van der Waals surface area contributed by atoms with Crippen molar-refractivity contribution in [3.05, 3.63) is 102 Å². The number of carbonyl (C=O) groups excluding carboxylic acids is 2. The minimum Gasteiger partial charge on any atom is -0.415 e. The fourth-order valence-electron chi connectivity index (χ4n) is 4.34. The Labute approximate surface area is 221 Å². The van der Waals surface area contributed by atoms with E-state index in [-0.39, 0.29) is 16.8 Å². The molecule has 0 bridgehead atoms.